The molecule has 0 fully saturated rings. The van der Waals surface area contributed by atoms with Crippen LogP contribution in [0.4, 0.5) is 15.8 Å². The van der Waals surface area contributed by atoms with Crippen molar-refractivity contribution in [1.29, 1.82) is 5.26 Å². The highest BCUT2D eigenvalue weighted by Gasteiger charge is 2.08. The number of rotatable bonds is 3. The van der Waals surface area contributed by atoms with E-state index in [1.165, 1.54) is 12.1 Å². The maximum absolute atomic E-state index is 13.2. The summed E-state index contributed by atoms with van der Waals surface area (Å²) in [7, 11) is 0. The lowest BCUT2D eigenvalue weighted by molar-refractivity contribution is 0.102. The first-order valence-electron chi connectivity index (χ1n) is 5.71. The van der Waals surface area contributed by atoms with E-state index >= 15 is 0 Å². The number of nitriles is 1. The molecule has 2 aromatic rings. The average molecular weight is 270 g/mol. The van der Waals surface area contributed by atoms with E-state index in [0.717, 1.165) is 6.07 Å². The van der Waals surface area contributed by atoms with Crippen molar-refractivity contribution < 1.29 is 9.18 Å². The van der Waals surface area contributed by atoms with Gasteiger partial charge in [0.1, 0.15) is 11.9 Å². The van der Waals surface area contributed by atoms with E-state index < -0.39 is 5.82 Å². The molecule has 100 valence electrons. The lowest BCUT2D eigenvalue weighted by Gasteiger charge is -2.06. The number of hydrogen-bond donors (Lipinski definition) is 3. The molecule has 0 aliphatic heterocycles. The molecule has 6 heteroatoms. The Morgan fingerprint density at radius 1 is 1.15 bits per heavy atom. The number of carbonyl (C=O) groups is 1. The highest BCUT2D eigenvalue weighted by Crippen LogP contribution is 2.15. The number of hydrazine groups is 1. The number of hydrogen-bond acceptors (Lipinski definition) is 4. The minimum Gasteiger partial charge on any atom is -0.324 e. The molecule has 0 aromatic heterocycles. The Balaban J connectivity index is 2.17. The van der Waals surface area contributed by atoms with Crippen LogP contribution in [-0.2, 0) is 0 Å². The van der Waals surface area contributed by atoms with Gasteiger partial charge in [0.2, 0.25) is 0 Å². The summed E-state index contributed by atoms with van der Waals surface area (Å²) in [6, 6.07) is 12.0. The molecule has 0 heterocycles. The van der Waals surface area contributed by atoms with Crippen LogP contribution in [0.25, 0.3) is 0 Å². The molecule has 2 aromatic carbocycles. The summed E-state index contributed by atoms with van der Waals surface area (Å²) in [4.78, 5) is 12.0. The van der Waals surface area contributed by atoms with Gasteiger partial charge in [-0.1, -0.05) is 0 Å². The van der Waals surface area contributed by atoms with Crippen LogP contribution in [0.1, 0.15) is 15.9 Å². The number of amides is 1. The number of nitrogens with one attached hydrogen (secondary N) is 2. The SMILES string of the molecule is N#Cc1cc(NC(=O)c2ccc(NN)cc2)ccc1F. The number of nitrogens with zero attached hydrogens (tertiary/aromatic N) is 1. The maximum Gasteiger partial charge on any atom is 0.255 e. The molecule has 0 spiro atoms. The predicted octanol–water partition coefficient (Wildman–Crippen LogP) is 2.24. The zero-order chi connectivity index (χ0) is 14.5. The minimum absolute atomic E-state index is 0.120. The summed E-state index contributed by atoms with van der Waals surface area (Å²) < 4.78 is 13.2. The maximum atomic E-state index is 13.2. The molecule has 0 bridgehead atoms. The van der Waals surface area contributed by atoms with E-state index in [4.69, 9.17) is 11.1 Å². The monoisotopic (exact) mass is 270 g/mol. The summed E-state index contributed by atoms with van der Waals surface area (Å²) in [5, 5.41) is 11.3. The summed E-state index contributed by atoms with van der Waals surface area (Å²) >= 11 is 0. The number of halogens is 1. The van der Waals surface area contributed by atoms with E-state index in [-0.39, 0.29) is 11.5 Å². The molecule has 0 radical (unpaired) electrons. The van der Waals surface area contributed by atoms with Crippen LogP contribution in [-0.4, -0.2) is 5.91 Å². The van der Waals surface area contributed by atoms with Crippen LogP contribution in [0.2, 0.25) is 0 Å². The highest BCUT2D eigenvalue weighted by atomic mass is 19.1. The van der Waals surface area contributed by atoms with Gasteiger partial charge in [0, 0.05) is 16.9 Å². The fourth-order valence-corrected chi connectivity index (χ4v) is 1.61. The third-order valence-corrected chi connectivity index (χ3v) is 2.66. The van der Waals surface area contributed by atoms with E-state index in [0.29, 0.717) is 16.9 Å². The average Bonchev–Trinajstić information content (AvgIpc) is 2.49. The summed E-state index contributed by atoms with van der Waals surface area (Å²) in [6.45, 7) is 0. The molecule has 0 saturated carbocycles. The van der Waals surface area contributed by atoms with Crippen molar-refractivity contribution in [3.63, 3.8) is 0 Å². The van der Waals surface area contributed by atoms with Gasteiger partial charge in [0.05, 0.1) is 5.56 Å². The molecule has 0 atom stereocenters. The smallest absolute Gasteiger partial charge is 0.255 e. The number of nitrogens with two attached hydrogens (primary N) is 1. The zero-order valence-corrected chi connectivity index (χ0v) is 10.4. The fraction of sp³-hybridized carbons (Fsp3) is 0. The first-order valence-corrected chi connectivity index (χ1v) is 5.71. The van der Waals surface area contributed by atoms with Crippen LogP contribution < -0.4 is 16.6 Å². The van der Waals surface area contributed by atoms with Crippen molar-refractivity contribution in [3.8, 4) is 6.07 Å². The molecule has 5 nitrogen and oxygen atoms in total. The lowest BCUT2D eigenvalue weighted by Crippen LogP contribution is -2.12. The topological polar surface area (TPSA) is 90.9 Å². The van der Waals surface area contributed by atoms with E-state index in [9.17, 15) is 9.18 Å². The van der Waals surface area contributed by atoms with Gasteiger partial charge in [-0.25, -0.2) is 4.39 Å². The fourth-order valence-electron chi connectivity index (χ4n) is 1.61. The van der Waals surface area contributed by atoms with Crippen molar-refractivity contribution in [1.82, 2.24) is 0 Å². The Morgan fingerprint density at radius 3 is 2.40 bits per heavy atom. The van der Waals surface area contributed by atoms with Gasteiger partial charge in [-0.3, -0.25) is 10.6 Å². The molecule has 2 rings (SSSR count). The standard InChI is InChI=1S/C14H11FN4O/c15-13-6-5-12(7-10(13)8-16)18-14(20)9-1-3-11(19-17)4-2-9/h1-7,19H,17H2,(H,18,20). The normalized spacial score (nSPS) is 9.65. The summed E-state index contributed by atoms with van der Waals surface area (Å²) in [5.74, 6) is 4.25. The molecule has 1 amide bonds. The Labute approximate surface area is 114 Å². The van der Waals surface area contributed by atoms with E-state index in [2.05, 4.69) is 10.7 Å². The molecule has 0 unspecified atom stereocenters. The van der Waals surface area contributed by atoms with Gasteiger partial charge in [-0.05, 0) is 42.5 Å². The van der Waals surface area contributed by atoms with Gasteiger partial charge in [-0.15, -0.1) is 0 Å². The Bertz CT molecular complexity index is 677. The molecular formula is C14H11FN4O. The molecule has 0 saturated heterocycles. The van der Waals surface area contributed by atoms with Crippen molar-refractivity contribution in [2.75, 3.05) is 10.7 Å². The lowest BCUT2D eigenvalue weighted by atomic mass is 10.1. The van der Waals surface area contributed by atoms with Crippen molar-refractivity contribution in [3.05, 3.63) is 59.4 Å². The molecule has 20 heavy (non-hydrogen) atoms. The third kappa shape index (κ3) is 2.91. The quantitative estimate of drug-likeness (QED) is 0.589. The molecule has 0 aliphatic carbocycles. The van der Waals surface area contributed by atoms with Crippen LogP contribution >= 0.6 is 0 Å². The van der Waals surface area contributed by atoms with Crippen LogP contribution in [0.5, 0.6) is 0 Å². The second kappa shape index (κ2) is 5.82. The first-order chi connectivity index (χ1) is 9.63. The van der Waals surface area contributed by atoms with Gasteiger partial charge < -0.3 is 10.7 Å². The Kier molecular flexibility index (Phi) is 3.93. The second-order valence-corrected chi connectivity index (χ2v) is 3.98. The minimum atomic E-state index is -0.621. The number of benzene rings is 2. The number of carbonyl (C=O) groups excluding carboxylic acids is 1. The van der Waals surface area contributed by atoms with Crippen LogP contribution in [0.3, 0.4) is 0 Å². The molecule has 4 N–H and O–H groups in total. The highest BCUT2D eigenvalue weighted by molar-refractivity contribution is 6.04. The second-order valence-electron chi connectivity index (χ2n) is 3.98. The molecule has 0 aliphatic rings. The van der Waals surface area contributed by atoms with E-state index in [1.54, 1.807) is 30.3 Å². The first kappa shape index (κ1) is 13.5. The van der Waals surface area contributed by atoms with Gasteiger partial charge >= 0.3 is 0 Å². The van der Waals surface area contributed by atoms with Gasteiger partial charge in [0.25, 0.3) is 5.91 Å². The number of anilines is 2. The summed E-state index contributed by atoms with van der Waals surface area (Å²) in [6.07, 6.45) is 0. The third-order valence-electron chi connectivity index (χ3n) is 2.66. The Morgan fingerprint density at radius 2 is 1.80 bits per heavy atom. The van der Waals surface area contributed by atoms with Crippen molar-refractivity contribution in [2.45, 2.75) is 0 Å². The Hall–Kier alpha value is -2.91. The molecular weight excluding hydrogens is 259 g/mol. The van der Waals surface area contributed by atoms with Gasteiger partial charge in [0.15, 0.2) is 0 Å². The number of nitrogen functional groups attached to an aromatic ring is 1. The van der Waals surface area contributed by atoms with E-state index in [1.807, 2.05) is 0 Å². The largest absolute Gasteiger partial charge is 0.324 e. The van der Waals surface area contributed by atoms with Crippen LogP contribution in [0, 0.1) is 17.1 Å². The van der Waals surface area contributed by atoms with Crippen molar-refractivity contribution >= 4 is 17.3 Å². The summed E-state index contributed by atoms with van der Waals surface area (Å²) in [5.41, 5.74) is 3.79. The predicted molar refractivity (Wildman–Crippen MR) is 73.3 cm³/mol. The zero-order valence-electron chi connectivity index (χ0n) is 10.4. The van der Waals surface area contributed by atoms with Gasteiger partial charge in [-0.2, -0.15) is 5.26 Å². The van der Waals surface area contributed by atoms with Crippen molar-refractivity contribution in [2.24, 2.45) is 5.84 Å². The van der Waals surface area contributed by atoms with Crippen LogP contribution in [0.15, 0.2) is 42.5 Å².